The standard InChI is InChI=1S/C12H16N2O4/c1-12(2,6-5-9(16)17)14-11(18)10-8(15)4-3-7-13-10/h3-4,7,15H,5-6H2,1-2H3,(H,14,18)(H,16,17). The lowest BCUT2D eigenvalue weighted by Crippen LogP contribution is -2.44. The molecule has 0 spiro atoms. The molecule has 3 N–H and O–H groups in total. The highest BCUT2D eigenvalue weighted by Crippen LogP contribution is 2.16. The third-order valence-corrected chi connectivity index (χ3v) is 2.42. The molecule has 1 aromatic heterocycles. The van der Waals surface area contributed by atoms with E-state index in [-0.39, 0.29) is 17.9 Å². The number of carboxylic acid groups (broad SMARTS) is 1. The highest BCUT2D eigenvalue weighted by Gasteiger charge is 2.24. The molecule has 1 aromatic rings. The molecular weight excluding hydrogens is 236 g/mol. The molecule has 0 unspecified atom stereocenters. The largest absolute Gasteiger partial charge is 0.505 e. The van der Waals surface area contributed by atoms with Crippen molar-refractivity contribution in [2.75, 3.05) is 0 Å². The van der Waals surface area contributed by atoms with Crippen molar-refractivity contribution < 1.29 is 19.8 Å². The number of carbonyl (C=O) groups is 2. The molecule has 0 saturated carbocycles. The molecule has 0 fully saturated rings. The van der Waals surface area contributed by atoms with Crippen molar-refractivity contribution in [1.29, 1.82) is 0 Å². The fourth-order valence-electron chi connectivity index (χ4n) is 1.42. The van der Waals surface area contributed by atoms with Gasteiger partial charge in [-0.05, 0) is 32.4 Å². The number of hydrogen-bond acceptors (Lipinski definition) is 4. The van der Waals surface area contributed by atoms with Gasteiger partial charge in [0.2, 0.25) is 0 Å². The molecule has 6 nitrogen and oxygen atoms in total. The van der Waals surface area contributed by atoms with Gasteiger partial charge in [-0.15, -0.1) is 0 Å². The molecule has 6 heteroatoms. The van der Waals surface area contributed by atoms with E-state index in [0.717, 1.165) is 0 Å². The van der Waals surface area contributed by atoms with Crippen molar-refractivity contribution in [1.82, 2.24) is 10.3 Å². The maximum Gasteiger partial charge on any atom is 0.303 e. The topological polar surface area (TPSA) is 99.5 Å². The van der Waals surface area contributed by atoms with E-state index in [1.807, 2.05) is 0 Å². The van der Waals surface area contributed by atoms with Crippen molar-refractivity contribution in [3.05, 3.63) is 24.0 Å². The zero-order chi connectivity index (χ0) is 13.8. The summed E-state index contributed by atoms with van der Waals surface area (Å²) in [6.07, 6.45) is 1.65. The van der Waals surface area contributed by atoms with E-state index in [2.05, 4.69) is 10.3 Å². The lowest BCUT2D eigenvalue weighted by Gasteiger charge is -2.25. The van der Waals surface area contributed by atoms with Crippen LogP contribution in [-0.2, 0) is 4.79 Å². The summed E-state index contributed by atoms with van der Waals surface area (Å²) >= 11 is 0. The van der Waals surface area contributed by atoms with E-state index in [4.69, 9.17) is 5.11 Å². The van der Waals surface area contributed by atoms with Crippen molar-refractivity contribution in [2.24, 2.45) is 0 Å². The predicted octanol–water partition coefficient (Wildman–Crippen LogP) is 1.16. The number of nitrogens with one attached hydrogen (secondary N) is 1. The van der Waals surface area contributed by atoms with Crippen LogP contribution in [0.15, 0.2) is 18.3 Å². The van der Waals surface area contributed by atoms with Crippen LogP contribution in [0.2, 0.25) is 0 Å². The van der Waals surface area contributed by atoms with E-state index < -0.39 is 17.4 Å². The number of carboxylic acids is 1. The summed E-state index contributed by atoms with van der Waals surface area (Å²) in [6, 6.07) is 2.88. The summed E-state index contributed by atoms with van der Waals surface area (Å²) in [6.45, 7) is 3.43. The minimum Gasteiger partial charge on any atom is -0.505 e. The number of rotatable bonds is 5. The fourth-order valence-corrected chi connectivity index (χ4v) is 1.42. The molecule has 0 aliphatic rings. The molecule has 18 heavy (non-hydrogen) atoms. The molecule has 1 heterocycles. The SMILES string of the molecule is CC(C)(CCC(=O)O)NC(=O)c1ncccc1O. The number of carbonyl (C=O) groups excluding carboxylic acids is 1. The highest BCUT2D eigenvalue weighted by molar-refractivity contribution is 5.95. The number of pyridine rings is 1. The number of aromatic nitrogens is 1. The predicted molar refractivity (Wildman–Crippen MR) is 64.3 cm³/mol. The minimum atomic E-state index is -0.919. The number of amides is 1. The summed E-state index contributed by atoms with van der Waals surface area (Å²) in [4.78, 5) is 26.1. The average molecular weight is 252 g/mol. The van der Waals surface area contributed by atoms with Gasteiger partial charge in [0.05, 0.1) is 0 Å². The molecule has 0 atom stereocenters. The van der Waals surface area contributed by atoms with Crippen molar-refractivity contribution >= 4 is 11.9 Å². The Kier molecular flexibility index (Phi) is 4.25. The van der Waals surface area contributed by atoms with Crippen LogP contribution in [0, 0.1) is 0 Å². The van der Waals surface area contributed by atoms with Crippen molar-refractivity contribution in [3.8, 4) is 5.75 Å². The molecule has 0 radical (unpaired) electrons. The molecule has 0 aromatic carbocycles. The Morgan fingerprint density at radius 1 is 1.44 bits per heavy atom. The molecule has 0 saturated heterocycles. The Hall–Kier alpha value is -2.11. The normalized spacial score (nSPS) is 11.0. The fraction of sp³-hybridized carbons (Fsp3) is 0.417. The second-order valence-corrected chi connectivity index (χ2v) is 4.60. The Morgan fingerprint density at radius 3 is 2.67 bits per heavy atom. The number of aromatic hydroxyl groups is 1. The third kappa shape index (κ3) is 4.04. The summed E-state index contributed by atoms with van der Waals surface area (Å²) in [5, 5.41) is 20.7. The molecule has 1 amide bonds. The van der Waals surface area contributed by atoms with Gasteiger partial charge in [-0.2, -0.15) is 0 Å². The van der Waals surface area contributed by atoms with Gasteiger partial charge in [0, 0.05) is 18.2 Å². The van der Waals surface area contributed by atoms with Crippen molar-refractivity contribution in [3.63, 3.8) is 0 Å². The number of hydrogen-bond donors (Lipinski definition) is 3. The third-order valence-electron chi connectivity index (χ3n) is 2.42. The van der Waals surface area contributed by atoms with E-state index in [1.165, 1.54) is 18.3 Å². The molecule has 0 bridgehead atoms. The van der Waals surface area contributed by atoms with Gasteiger partial charge in [-0.25, -0.2) is 4.98 Å². The second-order valence-electron chi connectivity index (χ2n) is 4.60. The van der Waals surface area contributed by atoms with Gasteiger partial charge in [-0.3, -0.25) is 9.59 Å². The van der Waals surface area contributed by atoms with Gasteiger partial charge >= 0.3 is 5.97 Å². The summed E-state index contributed by atoms with van der Waals surface area (Å²) < 4.78 is 0. The first-order valence-corrected chi connectivity index (χ1v) is 5.50. The van der Waals surface area contributed by atoms with Crippen LogP contribution >= 0.6 is 0 Å². The zero-order valence-corrected chi connectivity index (χ0v) is 10.3. The lowest BCUT2D eigenvalue weighted by molar-refractivity contribution is -0.137. The summed E-state index contributed by atoms with van der Waals surface area (Å²) in [5.41, 5.74) is -0.750. The molecule has 98 valence electrons. The second kappa shape index (κ2) is 5.48. The monoisotopic (exact) mass is 252 g/mol. The van der Waals surface area contributed by atoms with Gasteiger partial charge in [0.1, 0.15) is 5.75 Å². The first-order chi connectivity index (χ1) is 8.32. The van der Waals surface area contributed by atoms with Gasteiger partial charge < -0.3 is 15.5 Å². The van der Waals surface area contributed by atoms with Gasteiger partial charge in [0.25, 0.3) is 5.91 Å². The summed E-state index contributed by atoms with van der Waals surface area (Å²) in [7, 11) is 0. The number of nitrogens with zero attached hydrogens (tertiary/aromatic N) is 1. The first-order valence-electron chi connectivity index (χ1n) is 5.50. The minimum absolute atomic E-state index is 0.0402. The van der Waals surface area contributed by atoms with Crippen LogP contribution in [0.5, 0.6) is 5.75 Å². The maximum absolute atomic E-state index is 11.8. The maximum atomic E-state index is 11.8. The molecular formula is C12H16N2O4. The van der Waals surface area contributed by atoms with E-state index in [0.29, 0.717) is 6.42 Å². The molecule has 1 rings (SSSR count). The molecule has 0 aliphatic heterocycles. The van der Waals surface area contributed by atoms with E-state index in [9.17, 15) is 14.7 Å². The van der Waals surface area contributed by atoms with Crippen LogP contribution in [0.25, 0.3) is 0 Å². The van der Waals surface area contributed by atoms with E-state index in [1.54, 1.807) is 13.8 Å². The quantitative estimate of drug-likeness (QED) is 0.730. The van der Waals surface area contributed by atoms with Gasteiger partial charge in [0.15, 0.2) is 5.69 Å². The average Bonchev–Trinajstić information content (AvgIpc) is 2.26. The number of aliphatic carboxylic acids is 1. The smallest absolute Gasteiger partial charge is 0.303 e. The van der Waals surface area contributed by atoms with Gasteiger partial charge in [-0.1, -0.05) is 0 Å². The van der Waals surface area contributed by atoms with Crippen molar-refractivity contribution in [2.45, 2.75) is 32.2 Å². The van der Waals surface area contributed by atoms with Crippen LogP contribution in [0.3, 0.4) is 0 Å². The first kappa shape index (κ1) is 14.0. The molecule has 0 aliphatic carbocycles. The Balaban J connectivity index is 2.69. The Labute approximate surface area is 105 Å². The lowest BCUT2D eigenvalue weighted by atomic mass is 9.98. The summed E-state index contributed by atoms with van der Waals surface area (Å²) in [5.74, 6) is -1.65. The zero-order valence-electron chi connectivity index (χ0n) is 10.3. The Morgan fingerprint density at radius 2 is 2.11 bits per heavy atom. The van der Waals surface area contributed by atoms with Crippen LogP contribution in [0.1, 0.15) is 37.2 Å². The van der Waals surface area contributed by atoms with Crippen LogP contribution < -0.4 is 5.32 Å². The Bertz CT molecular complexity index is 457. The van der Waals surface area contributed by atoms with E-state index >= 15 is 0 Å². The van der Waals surface area contributed by atoms with Crippen LogP contribution in [-0.4, -0.2) is 32.6 Å². The van der Waals surface area contributed by atoms with Crippen LogP contribution in [0.4, 0.5) is 0 Å². The highest BCUT2D eigenvalue weighted by atomic mass is 16.4.